The summed E-state index contributed by atoms with van der Waals surface area (Å²) in [6, 6.07) is 8.71. The average molecular weight is 250 g/mol. The quantitative estimate of drug-likeness (QED) is 0.463. The molecule has 1 atom stereocenters. The van der Waals surface area contributed by atoms with Crippen molar-refractivity contribution in [1.29, 1.82) is 0 Å². The van der Waals surface area contributed by atoms with Crippen molar-refractivity contribution in [2.75, 3.05) is 13.7 Å². The normalized spacial score (nSPS) is 13.6. The van der Waals surface area contributed by atoms with Crippen LogP contribution >= 0.6 is 0 Å². The zero-order valence-electron chi connectivity index (χ0n) is 12.0. The van der Waals surface area contributed by atoms with Gasteiger partial charge in [-0.25, -0.2) is 0 Å². The number of benzene rings is 1. The van der Waals surface area contributed by atoms with Crippen molar-refractivity contribution >= 4 is 0 Å². The lowest BCUT2D eigenvalue weighted by Gasteiger charge is -2.27. The van der Waals surface area contributed by atoms with Gasteiger partial charge in [0.15, 0.2) is 0 Å². The first-order valence-corrected chi connectivity index (χ1v) is 6.55. The first-order chi connectivity index (χ1) is 8.50. The van der Waals surface area contributed by atoms with E-state index in [1.54, 1.807) is 7.11 Å². The van der Waals surface area contributed by atoms with E-state index in [9.17, 15) is 0 Å². The van der Waals surface area contributed by atoms with Crippen molar-refractivity contribution < 1.29 is 4.74 Å². The molecule has 3 nitrogen and oxygen atoms in total. The van der Waals surface area contributed by atoms with Gasteiger partial charge in [0.1, 0.15) is 0 Å². The van der Waals surface area contributed by atoms with E-state index in [0.29, 0.717) is 0 Å². The van der Waals surface area contributed by atoms with Crippen LogP contribution in [0.2, 0.25) is 0 Å². The first kappa shape index (κ1) is 15.2. The van der Waals surface area contributed by atoms with Crippen molar-refractivity contribution in [1.82, 2.24) is 5.43 Å². The summed E-state index contributed by atoms with van der Waals surface area (Å²) in [5.74, 6) is 5.71. The molecule has 3 heteroatoms. The minimum atomic E-state index is 0.132. The Hall–Kier alpha value is -0.900. The highest BCUT2D eigenvalue weighted by atomic mass is 16.5. The Balaban J connectivity index is 2.91. The molecule has 0 spiro atoms. The summed E-state index contributed by atoms with van der Waals surface area (Å²) in [7, 11) is 1.73. The maximum atomic E-state index is 5.71. The van der Waals surface area contributed by atoms with Gasteiger partial charge in [0.25, 0.3) is 0 Å². The van der Waals surface area contributed by atoms with Crippen LogP contribution in [-0.4, -0.2) is 13.7 Å². The van der Waals surface area contributed by atoms with E-state index in [4.69, 9.17) is 10.6 Å². The van der Waals surface area contributed by atoms with E-state index in [0.717, 1.165) is 19.4 Å². The number of hydrogen-bond acceptors (Lipinski definition) is 3. The fourth-order valence-electron chi connectivity index (χ4n) is 2.24. The molecule has 0 amide bonds. The topological polar surface area (TPSA) is 47.3 Å². The van der Waals surface area contributed by atoms with Gasteiger partial charge in [-0.3, -0.25) is 11.3 Å². The Morgan fingerprint density at radius 3 is 2.50 bits per heavy atom. The van der Waals surface area contributed by atoms with Crippen molar-refractivity contribution in [3.05, 3.63) is 35.4 Å². The molecular weight excluding hydrogens is 224 g/mol. The lowest BCUT2D eigenvalue weighted by Crippen LogP contribution is -2.30. The molecule has 0 fully saturated rings. The Morgan fingerprint density at radius 2 is 1.94 bits per heavy atom. The molecule has 102 valence electrons. The fourth-order valence-corrected chi connectivity index (χ4v) is 2.24. The summed E-state index contributed by atoms with van der Waals surface area (Å²) in [6.07, 6.45) is 1.99. The van der Waals surface area contributed by atoms with Crippen LogP contribution in [0.25, 0.3) is 0 Å². The molecule has 18 heavy (non-hydrogen) atoms. The summed E-state index contributed by atoms with van der Waals surface area (Å²) in [6.45, 7) is 7.47. The van der Waals surface area contributed by atoms with Gasteiger partial charge in [-0.1, -0.05) is 45.0 Å². The second-order valence-corrected chi connectivity index (χ2v) is 5.69. The molecule has 0 saturated carbocycles. The Bertz CT molecular complexity index is 358. The zero-order chi connectivity index (χ0) is 13.6. The van der Waals surface area contributed by atoms with Gasteiger partial charge in [0, 0.05) is 19.8 Å². The molecule has 0 aliphatic heterocycles. The Labute approximate surface area is 111 Å². The van der Waals surface area contributed by atoms with E-state index in [1.165, 1.54) is 11.1 Å². The molecule has 0 saturated heterocycles. The molecule has 0 aliphatic rings. The van der Waals surface area contributed by atoms with Gasteiger partial charge >= 0.3 is 0 Å². The largest absolute Gasteiger partial charge is 0.385 e. The smallest absolute Gasteiger partial charge is 0.0463 e. The molecule has 0 aliphatic carbocycles. The molecule has 1 aromatic carbocycles. The standard InChI is InChI=1S/C15H26N2O/c1-15(2,3)13-9-6-5-8-12(13)14(17-16)10-7-11-18-4/h5-6,8-9,14,17H,7,10-11,16H2,1-4H3. The number of hydrazine groups is 1. The van der Waals surface area contributed by atoms with Crippen LogP contribution in [0.4, 0.5) is 0 Å². The summed E-state index contributed by atoms with van der Waals surface area (Å²) >= 11 is 0. The van der Waals surface area contributed by atoms with Gasteiger partial charge in [-0.2, -0.15) is 0 Å². The third-order valence-electron chi connectivity index (χ3n) is 3.19. The minimum absolute atomic E-state index is 0.132. The number of nitrogens with one attached hydrogen (secondary N) is 1. The van der Waals surface area contributed by atoms with Crippen LogP contribution in [0.15, 0.2) is 24.3 Å². The first-order valence-electron chi connectivity index (χ1n) is 6.55. The summed E-state index contributed by atoms with van der Waals surface area (Å²) in [5.41, 5.74) is 5.71. The molecule has 0 aromatic heterocycles. The van der Waals surface area contributed by atoms with E-state index in [1.807, 2.05) is 0 Å². The lowest BCUT2D eigenvalue weighted by molar-refractivity contribution is 0.188. The van der Waals surface area contributed by atoms with Crippen molar-refractivity contribution in [3.8, 4) is 0 Å². The van der Waals surface area contributed by atoms with Gasteiger partial charge < -0.3 is 4.74 Å². The van der Waals surface area contributed by atoms with Crippen molar-refractivity contribution in [2.45, 2.75) is 45.1 Å². The highest BCUT2D eigenvalue weighted by Gasteiger charge is 2.21. The van der Waals surface area contributed by atoms with Gasteiger partial charge in [-0.15, -0.1) is 0 Å². The number of ether oxygens (including phenoxy) is 1. The van der Waals surface area contributed by atoms with Gasteiger partial charge in [0.05, 0.1) is 0 Å². The molecule has 1 rings (SSSR count). The third-order valence-corrected chi connectivity index (χ3v) is 3.19. The van der Waals surface area contributed by atoms with Crippen LogP contribution in [0.5, 0.6) is 0 Å². The van der Waals surface area contributed by atoms with Crippen LogP contribution < -0.4 is 11.3 Å². The molecule has 0 bridgehead atoms. The maximum Gasteiger partial charge on any atom is 0.0463 e. The third kappa shape index (κ3) is 4.09. The lowest BCUT2D eigenvalue weighted by atomic mass is 9.81. The highest BCUT2D eigenvalue weighted by Crippen LogP contribution is 2.31. The SMILES string of the molecule is COCCCC(NN)c1ccccc1C(C)(C)C. The monoisotopic (exact) mass is 250 g/mol. The molecule has 1 aromatic rings. The average Bonchev–Trinajstić information content (AvgIpc) is 2.34. The van der Waals surface area contributed by atoms with Crippen LogP contribution in [0, 0.1) is 0 Å². The summed E-state index contributed by atoms with van der Waals surface area (Å²) in [5, 5.41) is 0. The second kappa shape index (κ2) is 6.88. The van der Waals surface area contributed by atoms with E-state index < -0.39 is 0 Å². The Kier molecular flexibility index (Phi) is 5.79. The predicted molar refractivity (Wildman–Crippen MR) is 76.3 cm³/mol. The van der Waals surface area contributed by atoms with E-state index in [-0.39, 0.29) is 11.5 Å². The number of rotatable bonds is 6. The van der Waals surface area contributed by atoms with Crippen molar-refractivity contribution in [3.63, 3.8) is 0 Å². The second-order valence-electron chi connectivity index (χ2n) is 5.69. The van der Waals surface area contributed by atoms with Gasteiger partial charge in [0.2, 0.25) is 0 Å². The van der Waals surface area contributed by atoms with Gasteiger partial charge in [-0.05, 0) is 29.4 Å². The van der Waals surface area contributed by atoms with E-state index >= 15 is 0 Å². The predicted octanol–water partition coefficient (Wildman–Crippen LogP) is 2.92. The number of hydrogen-bond donors (Lipinski definition) is 2. The van der Waals surface area contributed by atoms with Crippen molar-refractivity contribution in [2.24, 2.45) is 5.84 Å². The van der Waals surface area contributed by atoms with Crippen LogP contribution in [0.1, 0.15) is 50.8 Å². The number of methoxy groups -OCH3 is 1. The maximum absolute atomic E-state index is 5.71. The van der Waals surface area contributed by atoms with E-state index in [2.05, 4.69) is 50.5 Å². The Morgan fingerprint density at radius 1 is 1.28 bits per heavy atom. The number of nitrogens with two attached hydrogens (primary N) is 1. The molecular formula is C15H26N2O. The summed E-state index contributed by atoms with van der Waals surface area (Å²) in [4.78, 5) is 0. The molecule has 1 unspecified atom stereocenters. The highest BCUT2D eigenvalue weighted by molar-refractivity contribution is 5.35. The minimum Gasteiger partial charge on any atom is -0.385 e. The molecule has 0 heterocycles. The molecule has 3 N–H and O–H groups in total. The molecule has 0 radical (unpaired) electrons. The fraction of sp³-hybridized carbons (Fsp3) is 0.600. The zero-order valence-corrected chi connectivity index (χ0v) is 12.0. The van der Waals surface area contributed by atoms with Crippen LogP contribution in [0.3, 0.4) is 0 Å². The summed E-state index contributed by atoms with van der Waals surface area (Å²) < 4.78 is 5.10. The van der Waals surface area contributed by atoms with Crippen LogP contribution in [-0.2, 0) is 10.2 Å².